The summed E-state index contributed by atoms with van der Waals surface area (Å²) in [6, 6.07) is 6.72. The minimum atomic E-state index is -2.85. The number of pyridine rings is 1. The molecule has 3 aromatic rings. The van der Waals surface area contributed by atoms with Crippen LogP contribution in [0.15, 0.2) is 36.7 Å². The van der Waals surface area contributed by atoms with Gasteiger partial charge >= 0.3 is 6.61 Å². The number of hydrogen-bond acceptors (Lipinski definition) is 4. The first-order valence-electron chi connectivity index (χ1n) is 7.47. The van der Waals surface area contributed by atoms with E-state index in [1.165, 1.54) is 6.07 Å². The van der Waals surface area contributed by atoms with E-state index in [9.17, 15) is 8.78 Å². The highest BCUT2D eigenvalue weighted by molar-refractivity contribution is 5.92. The Morgan fingerprint density at radius 2 is 2.08 bits per heavy atom. The number of benzene rings is 1. The van der Waals surface area contributed by atoms with E-state index in [0.717, 1.165) is 28.1 Å². The number of rotatable bonds is 5. The Morgan fingerprint density at radius 1 is 1.29 bits per heavy atom. The zero-order chi connectivity index (χ0) is 17.3. The van der Waals surface area contributed by atoms with Crippen molar-refractivity contribution in [3.63, 3.8) is 0 Å². The molecule has 24 heavy (non-hydrogen) atoms. The Balaban J connectivity index is 2.02. The van der Waals surface area contributed by atoms with Crippen LogP contribution in [0.1, 0.15) is 11.5 Å². The molecule has 1 aromatic carbocycles. The molecule has 0 saturated carbocycles. The van der Waals surface area contributed by atoms with Gasteiger partial charge in [0.15, 0.2) is 0 Å². The number of alkyl halides is 2. The molecule has 0 saturated heterocycles. The van der Waals surface area contributed by atoms with Crippen LogP contribution in [0.4, 0.5) is 14.5 Å². The van der Waals surface area contributed by atoms with E-state index in [1.807, 2.05) is 42.7 Å². The Kier molecular flexibility index (Phi) is 4.33. The normalized spacial score (nSPS) is 11.2. The van der Waals surface area contributed by atoms with Gasteiger partial charge in [-0.05, 0) is 31.2 Å². The molecular formula is C17H18F2N4O. The average molecular weight is 332 g/mol. The van der Waals surface area contributed by atoms with Gasteiger partial charge in [-0.25, -0.2) is 4.98 Å². The second kappa shape index (κ2) is 6.43. The molecule has 0 spiro atoms. The molecule has 0 N–H and O–H groups in total. The average Bonchev–Trinajstić information content (AvgIpc) is 2.91. The third-order valence-electron chi connectivity index (χ3n) is 3.82. The minimum Gasteiger partial charge on any atom is -0.435 e. The van der Waals surface area contributed by atoms with Crippen LogP contribution in [0, 0.1) is 6.92 Å². The molecule has 3 rings (SSSR count). The predicted octanol–water partition coefficient (Wildman–Crippen LogP) is 3.51. The van der Waals surface area contributed by atoms with Crippen LogP contribution in [0.5, 0.6) is 5.75 Å². The van der Waals surface area contributed by atoms with Crippen molar-refractivity contribution in [3.8, 4) is 5.75 Å². The molecule has 0 amide bonds. The standard InChI is InChI=1S/C17H18F2N4O/c1-11-8-15(23(3)10-16-20-6-7-22(16)2)13-9-12(24-17(18)19)4-5-14(13)21-11/h4-9,17H,10H2,1-3H3. The Morgan fingerprint density at radius 3 is 2.75 bits per heavy atom. The van der Waals surface area contributed by atoms with Gasteiger partial charge in [-0.3, -0.25) is 4.98 Å². The summed E-state index contributed by atoms with van der Waals surface area (Å²) in [5.41, 5.74) is 2.48. The van der Waals surface area contributed by atoms with Crippen LogP contribution < -0.4 is 9.64 Å². The number of ether oxygens (including phenoxy) is 1. The van der Waals surface area contributed by atoms with Gasteiger partial charge in [0.1, 0.15) is 11.6 Å². The van der Waals surface area contributed by atoms with Gasteiger partial charge in [0.2, 0.25) is 0 Å². The monoisotopic (exact) mass is 332 g/mol. The van der Waals surface area contributed by atoms with Gasteiger partial charge in [0.05, 0.1) is 12.1 Å². The summed E-state index contributed by atoms with van der Waals surface area (Å²) >= 11 is 0. The lowest BCUT2D eigenvalue weighted by Crippen LogP contribution is -2.19. The third kappa shape index (κ3) is 3.29. The second-order valence-corrected chi connectivity index (χ2v) is 5.65. The highest BCUT2D eigenvalue weighted by atomic mass is 19.3. The highest BCUT2D eigenvalue weighted by Gasteiger charge is 2.13. The second-order valence-electron chi connectivity index (χ2n) is 5.65. The predicted molar refractivity (Wildman–Crippen MR) is 88.4 cm³/mol. The van der Waals surface area contributed by atoms with Crippen molar-refractivity contribution in [2.45, 2.75) is 20.1 Å². The summed E-state index contributed by atoms with van der Waals surface area (Å²) in [6.07, 6.45) is 3.63. The van der Waals surface area contributed by atoms with Crippen molar-refractivity contribution in [3.05, 3.63) is 48.2 Å². The molecule has 2 heterocycles. The maximum atomic E-state index is 12.5. The molecule has 0 aliphatic rings. The van der Waals surface area contributed by atoms with E-state index < -0.39 is 6.61 Å². The zero-order valence-corrected chi connectivity index (χ0v) is 13.7. The number of aryl methyl sites for hydroxylation is 2. The third-order valence-corrected chi connectivity index (χ3v) is 3.82. The highest BCUT2D eigenvalue weighted by Crippen LogP contribution is 2.30. The van der Waals surface area contributed by atoms with Gasteiger partial charge in [0, 0.05) is 43.3 Å². The van der Waals surface area contributed by atoms with Crippen molar-refractivity contribution in [1.82, 2.24) is 14.5 Å². The molecule has 2 aromatic heterocycles. The number of aromatic nitrogens is 3. The van der Waals surface area contributed by atoms with E-state index in [1.54, 1.807) is 18.3 Å². The summed E-state index contributed by atoms with van der Waals surface area (Å²) in [5, 5.41) is 0.760. The number of nitrogens with zero attached hydrogens (tertiary/aromatic N) is 4. The fourth-order valence-corrected chi connectivity index (χ4v) is 2.65. The SMILES string of the molecule is Cc1cc(N(C)Cc2nccn2C)c2cc(OC(F)F)ccc2n1. The first kappa shape index (κ1) is 16.2. The first-order chi connectivity index (χ1) is 11.4. The summed E-state index contributed by atoms with van der Waals surface area (Å²) in [4.78, 5) is 10.8. The van der Waals surface area contributed by atoms with Gasteiger partial charge < -0.3 is 14.2 Å². The fourth-order valence-electron chi connectivity index (χ4n) is 2.65. The lowest BCUT2D eigenvalue weighted by Gasteiger charge is -2.21. The van der Waals surface area contributed by atoms with Crippen LogP contribution in [-0.4, -0.2) is 28.2 Å². The molecule has 0 radical (unpaired) electrons. The van der Waals surface area contributed by atoms with E-state index >= 15 is 0 Å². The van der Waals surface area contributed by atoms with Crippen molar-refractivity contribution in [1.29, 1.82) is 0 Å². The molecule has 0 fully saturated rings. The lowest BCUT2D eigenvalue weighted by molar-refractivity contribution is -0.0497. The van der Waals surface area contributed by atoms with Crippen LogP contribution in [0.25, 0.3) is 10.9 Å². The zero-order valence-electron chi connectivity index (χ0n) is 13.7. The molecule has 0 unspecified atom stereocenters. The maximum Gasteiger partial charge on any atom is 0.387 e. The van der Waals surface area contributed by atoms with Crippen LogP contribution in [0.3, 0.4) is 0 Å². The van der Waals surface area contributed by atoms with Gasteiger partial charge in [0.25, 0.3) is 0 Å². The van der Waals surface area contributed by atoms with Crippen LogP contribution >= 0.6 is 0 Å². The number of anilines is 1. The van der Waals surface area contributed by atoms with Crippen LogP contribution in [0.2, 0.25) is 0 Å². The van der Waals surface area contributed by atoms with E-state index in [2.05, 4.69) is 14.7 Å². The molecule has 5 nitrogen and oxygen atoms in total. The van der Waals surface area contributed by atoms with Gasteiger partial charge in [-0.1, -0.05) is 0 Å². The lowest BCUT2D eigenvalue weighted by atomic mass is 10.1. The van der Waals surface area contributed by atoms with Crippen molar-refractivity contribution < 1.29 is 13.5 Å². The van der Waals surface area contributed by atoms with Crippen molar-refractivity contribution in [2.24, 2.45) is 7.05 Å². The fraction of sp³-hybridized carbons (Fsp3) is 0.294. The first-order valence-corrected chi connectivity index (χ1v) is 7.47. The van der Waals surface area contributed by atoms with Crippen LogP contribution in [-0.2, 0) is 13.6 Å². The molecule has 7 heteroatoms. The summed E-state index contributed by atoms with van der Waals surface area (Å²) in [7, 11) is 3.87. The molecule has 0 atom stereocenters. The van der Waals surface area contributed by atoms with Crippen molar-refractivity contribution in [2.75, 3.05) is 11.9 Å². The topological polar surface area (TPSA) is 43.2 Å². The Hall–Kier alpha value is -2.70. The Bertz CT molecular complexity index is 863. The largest absolute Gasteiger partial charge is 0.435 e. The quantitative estimate of drug-likeness (QED) is 0.717. The smallest absolute Gasteiger partial charge is 0.387 e. The minimum absolute atomic E-state index is 0.120. The molecule has 0 aliphatic carbocycles. The number of hydrogen-bond donors (Lipinski definition) is 0. The molecular weight excluding hydrogens is 314 g/mol. The van der Waals surface area contributed by atoms with E-state index in [-0.39, 0.29) is 5.75 Å². The number of imidazole rings is 1. The number of fused-ring (bicyclic) bond motifs is 1. The van der Waals surface area contributed by atoms with E-state index in [4.69, 9.17) is 0 Å². The molecule has 126 valence electrons. The van der Waals surface area contributed by atoms with Crippen molar-refractivity contribution >= 4 is 16.6 Å². The van der Waals surface area contributed by atoms with Gasteiger partial charge in [-0.15, -0.1) is 0 Å². The molecule has 0 bridgehead atoms. The summed E-state index contributed by atoms with van der Waals surface area (Å²) in [5.74, 6) is 1.02. The summed E-state index contributed by atoms with van der Waals surface area (Å²) < 4.78 is 31.4. The molecule has 0 aliphatic heterocycles. The van der Waals surface area contributed by atoms with E-state index in [0.29, 0.717) is 6.54 Å². The maximum absolute atomic E-state index is 12.5. The summed E-state index contributed by atoms with van der Waals surface area (Å²) in [6.45, 7) is -0.363. The Labute approximate surface area is 138 Å². The number of halogens is 2. The van der Waals surface area contributed by atoms with Gasteiger partial charge in [-0.2, -0.15) is 8.78 Å².